The van der Waals surface area contributed by atoms with E-state index < -0.39 is 16.0 Å². The number of carboxylic acid groups (broad SMARTS) is 1. The second-order valence-corrected chi connectivity index (χ2v) is 5.66. The van der Waals surface area contributed by atoms with Crippen molar-refractivity contribution in [3.8, 4) is 0 Å². The molecule has 2 N–H and O–H groups in total. The Morgan fingerprint density at radius 3 is 2.33 bits per heavy atom. The summed E-state index contributed by atoms with van der Waals surface area (Å²) in [6, 6.07) is 5.78. The fourth-order valence-corrected chi connectivity index (χ4v) is 2.52. The monoisotopic (exact) mass is 305 g/mol. The van der Waals surface area contributed by atoms with Gasteiger partial charge in [0.1, 0.15) is 6.33 Å². The third kappa shape index (κ3) is 4.11. The molecule has 0 radical (unpaired) electrons. The van der Waals surface area contributed by atoms with Crippen LogP contribution in [0, 0.1) is 0 Å². The fourth-order valence-electron chi connectivity index (χ4n) is 1.49. The summed E-state index contributed by atoms with van der Waals surface area (Å²) in [6.07, 6.45) is 6.32. The van der Waals surface area contributed by atoms with Gasteiger partial charge in [0.25, 0.3) is 10.0 Å². The van der Waals surface area contributed by atoms with Gasteiger partial charge in [-0.2, -0.15) is 0 Å². The quantitative estimate of drug-likeness (QED) is 0.808. The van der Waals surface area contributed by atoms with Crippen LogP contribution >= 0.6 is 0 Å². The second kappa shape index (κ2) is 6.14. The number of aliphatic carboxylic acids is 1. The van der Waals surface area contributed by atoms with Crippen molar-refractivity contribution in [1.82, 2.24) is 9.97 Å². The molecule has 0 aliphatic carbocycles. The summed E-state index contributed by atoms with van der Waals surface area (Å²) in [5, 5.41) is 8.52. The topological polar surface area (TPSA) is 109 Å². The first kappa shape index (κ1) is 14.7. The second-order valence-electron chi connectivity index (χ2n) is 3.97. The Hall–Kier alpha value is -2.74. The van der Waals surface area contributed by atoms with E-state index >= 15 is 0 Å². The number of nitrogens with zero attached hydrogens (tertiary/aromatic N) is 2. The molecular weight excluding hydrogens is 294 g/mol. The molecule has 0 saturated carbocycles. The third-order valence-electron chi connectivity index (χ3n) is 2.42. The largest absolute Gasteiger partial charge is 0.478 e. The molecule has 8 heteroatoms. The van der Waals surface area contributed by atoms with E-state index in [-0.39, 0.29) is 10.6 Å². The summed E-state index contributed by atoms with van der Waals surface area (Å²) in [6.45, 7) is 0. The Balaban J connectivity index is 2.19. The van der Waals surface area contributed by atoms with Crippen LogP contribution in [0.1, 0.15) is 5.56 Å². The van der Waals surface area contributed by atoms with Crippen molar-refractivity contribution >= 4 is 27.8 Å². The lowest BCUT2D eigenvalue weighted by molar-refractivity contribution is -0.131. The van der Waals surface area contributed by atoms with Crippen molar-refractivity contribution in [3.05, 3.63) is 54.6 Å². The van der Waals surface area contributed by atoms with Gasteiger partial charge in [0, 0.05) is 6.08 Å². The Morgan fingerprint density at radius 2 is 1.76 bits per heavy atom. The molecule has 0 amide bonds. The molecule has 108 valence electrons. The number of nitrogens with one attached hydrogen (secondary N) is 1. The van der Waals surface area contributed by atoms with Gasteiger partial charge in [-0.05, 0) is 23.8 Å². The van der Waals surface area contributed by atoms with E-state index in [1.807, 2.05) is 0 Å². The van der Waals surface area contributed by atoms with Gasteiger partial charge in [0.15, 0.2) is 0 Å². The fraction of sp³-hybridized carbons (Fsp3) is 0. The normalized spacial score (nSPS) is 11.4. The standard InChI is InChI=1S/C13H11N3O4S/c17-13(18)6-3-10-1-4-12(5-2-10)21(19,20)16-11-7-14-9-15-8-11/h1-9,16H,(H,17,18)/b6-3+. The molecule has 21 heavy (non-hydrogen) atoms. The Bertz CT molecular complexity index is 756. The van der Waals surface area contributed by atoms with Crippen LogP contribution in [0.25, 0.3) is 6.08 Å². The number of aromatic nitrogens is 2. The minimum Gasteiger partial charge on any atom is -0.478 e. The Morgan fingerprint density at radius 1 is 1.14 bits per heavy atom. The predicted octanol–water partition coefficient (Wildman–Crippen LogP) is 1.38. The lowest BCUT2D eigenvalue weighted by Crippen LogP contribution is -2.13. The zero-order chi connectivity index (χ0) is 15.3. The zero-order valence-corrected chi connectivity index (χ0v) is 11.5. The lowest BCUT2D eigenvalue weighted by Gasteiger charge is -2.07. The SMILES string of the molecule is O=C(O)/C=C/c1ccc(S(=O)(=O)Nc2cncnc2)cc1. The van der Waals surface area contributed by atoms with Gasteiger partial charge in [-0.25, -0.2) is 23.2 Å². The third-order valence-corrected chi connectivity index (χ3v) is 3.82. The van der Waals surface area contributed by atoms with Gasteiger partial charge in [0.2, 0.25) is 0 Å². The molecule has 7 nitrogen and oxygen atoms in total. The van der Waals surface area contributed by atoms with E-state index in [9.17, 15) is 13.2 Å². The van der Waals surface area contributed by atoms with E-state index in [1.54, 1.807) is 0 Å². The highest BCUT2D eigenvalue weighted by atomic mass is 32.2. The molecule has 0 atom stereocenters. The van der Waals surface area contributed by atoms with Crippen molar-refractivity contribution < 1.29 is 18.3 Å². The van der Waals surface area contributed by atoms with E-state index in [2.05, 4.69) is 14.7 Å². The van der Waals surface area contributed by atoms with Crippen molar-refractivity contribution in [1.29, 1.82) is 0 Å². The van der Waals surface area contributed by atoms with Gasteiger partial charge in [-0.3, -0.25) is 4.72 Å². The van der Waals surface area contributed by atoms with Crippen LogP contribution in [0.3, 0.4) is 0 Å². The average Bonchev–Trinajstić information content (AvgIpc) is 2.46. The number of sulfonamides is 1. The molecule has 0 aliphatic rings. The van der Waals surface area contributed by atoms with Crippen LogP contribution in [0.4, 0.5) is 5.69 Å². The summed E-state index contributed by atoms with van der Waals surface area (Å²) in [5.74, 6) is -1.07. The van der Waals surface area contributed by atoms with Crippen LogP contribution in [0.5, 0.6) is 0 Å². The number of carboxylic acids is 1. The molecule has 1 heterocycles. The predicted molar refractivity (Wildman–Crippen MR) is 76.0 cm³/mol. The van der Waals surface area contributed by atoms with Crippen LogP contribution < -0.4 is 4.72 Å². The van der Waals surface area contributed by atoms with Crippen LogP contribution in [-0.4, -0.2) is 29.5 Å². The van der Waals surface area contributed by atoms with Crippen LogP contribution in [-0.2, 0) is 14.8 Å². The lowest BCUT2D eigenvalue weighted by atomic mass is 10.2. The van der Waals surface area contributed by atoms with Gasteiger partial charge in [-0.1, -0.05) is 12.1 Å². The molecule has 0 spiro atoms. The molecular formula is C13H11N3O4S. The number of anilines is 1. The Kier molecular flexibility index (Phi) is 4.29. The minimum absolute atomic E-state index is 0.0545. The average molecular weight is 305 g/mol. The smallest absolute Gasteiger partial charge is 0.328 e. The van der Waals surface area contributed by atoms with Crippen molar-refractivity contribution in [2.45, 2.75) is 4.90 Å². The van der Waals surface area contributed by atoms with E-state index in [0.29, 0.717) is 5.56 Å². The molecule has 0 bridgehead atoms. The summed E-state index contributed by atoms with van der Waals surface area (Å²) in [7, 11) is -3.73. The van der Waals surface area contributed by atoms with Crippen LogP contribution in [0.2, 0.25) is 0 Å². The van der Waals surface area contributed by atoms with Gasteiger partial charge < -0.3 is 5.11 Å². The highest BCUT2D eigenvalue weighted by Gasteiger charge is 2.13. The summed E-state index contributed by atoms with van der Waals surface area (Å²) >= 11 is 0. The molecule has 0 fully saturated rings. The maximum atomic E-state index is 12.1. The van der Waals surface area contributed by atoms with E-state index in [0.717, 1.165) is 6.08 Å². The number of hydrogen-bond donors (Lipinski definition) is 2. The van der Waals surface area contributed by atoms with Gasteiger partial charge >= 0.3 is 5.97 Å². The first-order valence-electron chi connectivity index (χ1n) is 5.76. The molecule has 2 aromatic rings. The first-order valence-corrected chi connectivity index (χ1v) is 7.24. The van der Waals surface area contributed by atoms with Crippen molar-refractivity contribution in [3.63, 3.8) is 0 Å². The Labute approximate surface area is 121 Å². The van der Waals surface area contributed by atoms with Crippen LogP contribution in [0.15, 0.2) is 54.0 Å². The summed E-state index contributed by atoms with van der Waals surface area (Å²) in [4.78, 5) is 17.9. The first-order chi connectivity index (χ1) is 9.97. The highest BCUT2D eigenvalue weighted by Crippen LogP contribution is 2.15. The van der Waals surface area contributed by atoms with E-state index in [1.165, 1.54) is 49.1 Å². The van der Waals surface area contributed by atoms with Gasteiger partial charge in [-0.15, -0.1) is 0 Å². The minimum atomic E-state index is -3.73. The molecule has 2 rings (SSSR count). The summed E-state index contributed by atoms with van der Waals surface area (Å²) in [5.41, 5.74) is 0.840. The molecule has 1 aromatic carbocycles. The number of carbonyl (C=O) groups is 1. The maximum absolute atomic E-state index is 12.1. The number of rotatable bonds is 5. The highest BCUT2D eigenvalue weighted by molar-refractivity contribution is 7.92. The molecule has 1 aromatic heterocycles. The number of benzene rings is 1. The summed E-state index contributed by atoms with van der Waals surface area (Å²) < 4.78 is 26.5. The number of hydrogen-bond acceptors (Lipinski definition) is 5. The molecule has 0 aliphatic heterocycles. The molecule has 0 unspecified atom stereocenters. The zero-order valence-electron chi connectivity index (χ0n) is 10.7. The van der Waals surface area contributed by atoms with E-state index in [4.69, 9.17) is 5.11 Å². The van der Waals surface area contributed by atoms with Crippen molar-refractivity contribution in [2.24, 2.45) is 0 Å². The van der Waals surface area contributed by atoms with Crippen molar-refractivity contribution in [2.75, 3.05) is 4.72 Å². The van der Waals surface area contributed by atoms with Gasteiger partial charge in [0.05, 0.1) is 23.0 Å². The molecule has 0 saturated heterocycles. The maximum Gasteiger partial charge on any atom is 0.328 e.